The first kappa shape index (κ1) is 12.7. The van der Waals surface area contributed by atoms with Gasteiger partial charge in [-0.2, -0.15) is 0 Å². The monoisotopic (exact) mass is 266 g/mol. The summed E-state index contributed by atoms with van der Waals surface area (Å²) in [6.07, 6.45) is 0.593. The molecule has 1 nitrogen and oxygen atoms in total. The molecule has 3 rings (SSSR count). The van der Waals surface area contributed by atoms with E-state index in [1.807, 2.05) is 37.3 Å². The summed E-state index contributed by atoms with van der Waals surface area (Å²) in [4.78, 5) is 0. The number of hydrogen-bond donors (Lipinski definition) is 0. The van der Waals surface area contributed by atoms with Crippen LogP contribution < -0.4 is 0 Å². The Balaban J connectivity index is 1.98. The number of hydrogen-bond acceptors (Lipinski definition) is 1. The highest BCUT2D eigenvalue weighted by atomic mass is 19.1. The van der Waals surface area contributed by atoms with Crippen molar-refractivity contribution in [2.75, 3.05) is 0 Å². The zero-order chi connectivity index (χ0) is 13.9. The van der Waals surface area contributed by atoms with Crippen molar-refractivity contribution in [3.05, 3.63) is 83.6 Å². The Hall–Kier alpha value is -2.35. The molecule has 0 radical (unpaired) electrons. The van der Waals surface area contributed by atoms with E-state index in [-0.39, 0.29) is 5.82 Å². The highest BCUT2D eigenvalue weighted by Crippen LogP contribution is 2.28. The summed E-state index contributed by atoms with van der Waals surface area (Å²) < 4.78 is 19.1. The SMILES string of the molecule is Cc1cc(-c2ccccc2)c(Cc2cccc(F)c2)o1. The van der Waals surface area contributed by atoms with Crippen LogP contribution in [0.2, 0.25) is 0 Å². The molecule has 0 fully saturated rings. The summed E-state index contributed by atoms with van der Waals surface area (Å²) in [5.41, 5.74) is 3.11. The standard InChI is InChI=1S/C18H15FO/c1-13-10-17(15-7-3-2-4-8-15)18(20-13)12-14-6-5-9-16(19)11-14/h2-11H,12H2,1H3. The van der Waals surface area contributed by atoms with Gasteiger partial charge in [0.05, 0.1) is 0 Å². The summed E-state index contributed by atoms with van der Waals surface area (Å²) in [7, 11) is 0. The van der Waals surface area contributed by atoms with Crippen LogP contribution in [-0.4, -0.2) is 0 Å². The first-order chi connectivity index (χ1) is 9.72. The van der Waals surface area contributed by atoms with Gasteiger partial charge in [-0.05, 0) is 36.2 Å². The third-order valence-corrected chi connectivity index (χ3v) is 3.27. The van der Waals surface area contributed by atoms with E-state index in [0.717, 1.165) is 28.2 Å². The minimum atomic E-state index is -0.216. The number of halogens is 1. The average molecular weight is 266 g/mol. The maximum atomic E-state index is 13.3. The van der Waals surface area contributed by atoms with Gasteiger partial charge < -0.3 is 4.42 Å². The quantitative estimate of drug-likeness (QED) is 0.651. The molecular formula is C18H15FO. The summed E-state index contributed by atoms with van der Waals surface area (Å²) in [5, 5.41) is 0. The molecule has 0 atom stereocenters. The lowest BCUT2D eigenvalue weighted by molar-refractivity contribution is 0.493. The zero-order valence-corrected chi connectivity index (χ0v) is 11.3. The van der Waals surface area contributed by atoms with Crippen LogP contribution in [0.4, 0.5) is 4.39 Å². The van der Waals surface area contributed by atoms with Crippen molar-refractivity contribution in [2.45, 2.75) is 13.3 Å². The Labute approximate surface area is 117 Å². The number of aryl methyl sites for hydroxylation is 1. The normalized spacial score (nSPS) is 10.7. The van der Waals surface area contributed by atoms with Crippen molar-refractivity contribution in [3.63, 3.8) is 0 Å². The van der Waals surface area contributed by atoms with E-state index in [1.165, 1.54) is 6.07 Å². The van der Waals surface area contributed by atoms with Crippen LogP contribution in [0.1, 0.15) is 17.1 Å². The maximum absolute atomic E-state index is 13.3. The van der Waals surface area contributed by atoms with Gasteiger partial charge in [0.25, 0.3) is 0 Å². The Morgan fingerprint density at radius 2 is 1.75 bits per heavy atom. The molecule has 0 spiro atoms. The van der Waals surface area contributed by atoms with Crippen molar-refractivity contribution < 1.29 is 8.81 Å². The third-order valence-electron chi connectivity index (χ3n) is 3.27. The first-order valence-corrected chi connectivity index (χ1v) is 6.61. The molecule has 0 aliphatic carbocycles. The van der Waals surface area contributed by atoms with E-state index < -0.39 is 0 Å². The molecule has 1 aromatic heterocycles. The van der Waals surface area contributed by atoms with E-state index in [1.54, 1.807) is 12.1 Å². The van der Waals surface area contributed by atoms with Gasteiger partial charge in [0, 0.05) is 12.0 Å². The lowest BCUT2D eigenvalue weighted by atomic mass is 10.0. The average Bonchev–Trinajstić information content (AvgIpc) is 2.80. The lowest BCUT2D eigenvalue weighted by Crippen LogP contribution is -1.89. The molecule has 20 heavy (non-hydrogen) atoms. The molecule has 0 saturated carbocycles. The molecule has 2 heteroatoms. The number of furan rings is 1. The largest absolute Gasteiger partial charge is 0.465 e. The second-order valence-corrected chi connectivity index (χ2v) is 4.87. The van der Waals surface area contributed by atoms with Crippen molar-refractivity contribution in [1.82, 2.24) is 0 Å². The molecule has 0 N–H and O–H groups in total. The molecule has 3 aromatic rings. The minimum absolute atomic E-state index is 0.216. The molecular weight excluding hydrogens is 251 g/mol. The molecule has 2 aromatic carbocycles. The minimum Gasteiger partial charge on any atom is -0.465 e. The van der Waals surface area contributed by atoms with Crippen molar-refractivity contribution in [1.29, 1.82) is 0 Å². The Kier molecular flexibility index (Phi) is 3.38. The molecule has 1 heterocycles. The third kappa shape index (κ3) is 2.64. The van der Waals surface area contributed by atoms with Crippen molar-refractivity contribution in [3.8, 4) is 11.1 Å². The highest BCUT2D eigenvalue weighted by molar-refractivity contribution is 5.66. The predicted molar refractivity (Wildman–Crippen MR) is 78.1 cm³/mol. The topological polar surface area (TPSA) is 13.1 Å². The molecule has 100 valence electrons. The fourth-order valence-corrected chi connectivity index (χ4v) is 2.39. The van der Waals surface area contributed by atoms with Crippen LogP contribution in [0.5, 0.6) is 0 Å². The van der Waals surface area contributed by atoms with E-state index in [2.05, 4.69) is 12.1 Å². The van der Waals surface area contributed by atoms with E-state index in [9.17, 15) is 4.39 Å². The van der Waals surface area contributed by atoms with Gasteiger partial charge in [0.1, 0.15) is 17.3 Å². The maximum Gasteiger partial charge on any atom is 0.123 e. The van der Waals surface area contributed by atoms with Crippen LogP contribution in [-0.2, 0) is 6.42 Å². The Bertz CT molecular complexity index is 713. The summed E-state index contributed by atoms with van der Waals surface area (Å²) in [5.74, 6) is 1.53. The predicted octanol–water partition coefficient (Wildman–Crippen LogP) is 4.98. The number of rotatable bonds is 3. The first-order valence-electron chi connectivity index (χ1n) is 6.61. The second-order valence-electron chi connectivity index (χ2n) is 4.87. The smallest absolute Gasteiger partial charge is 0.123 e. The van der Waals surface area contributed by atoms with Gasteiger partial charge in [-0.1, -0.05) is 42.5 Å². The highest BCUT2D eigenvalue weighted by Gasteiger charge is 2.11. The van der Waals surface area contributed by atoms with Crippen LogP contribution >= 0.6 is 0 Å². The van der Waals surface area contributed by atoms with Crippen molar-refractivity contribution in [2.24, 2.45) is 0 Å². The van der Waals surface area contributed by atoms with Crippen LogP contribution in [0.3, 0.4) is 0 Å². The molecule has 0 amide bonds. The van der Waals surface area contributed by atoms with Gasteiger partial charge in [-0.25, -0.2) is 4.39 Å². The summed E-state index contributed by atoms with van der Waals surface area (Å²) >= 11 is 0. The molecule has 0 saturated heterocycles. The second kappa shape index (κ2) is 5.33. The van der Waals surface area contributed by atoms with Crippen LogP contribution in [0.25, 0.3) is 11.1 Å². The van der Waals surface area contributed by atoms with Crippen LogP contribution in [0.15, 0.2) is 65.1 Å². The van der Waals surface area contributed by atoms with E-state index >= 15 is 0 Å². The zero-order valence-electron chi connectivity index (χ0n) is 11.3. The Morgan fingerprint density at radius 1 is 0.950 bits per heavy atom. The lowest BCUT2D eigenvalue weighted by Gasteiger charge is -2.03. The summed E-state index contributed by atoms with van der Waals surface area (Å²) in [6, 6.07) is 18.8. The van der Waals surface area contributed by atoms with Crippen LogP contribution in [0, 0.1) is 12.7 Å². The molecule has 0 bridgehead atoms. The van der Waals surface area contributed by atoms with Gasteiger partial charge in [-0.15, -0.1) is 0 Å². The van der Waals surface area contributed by atoms with Gasteiger partial charge in [0.15, 0.2) is 0 Å². The number of benzene rings is 2. The molecule has 0 unspecified atom stereocenters. The van der Waals surface area contributed by atoms with Gasteiger partial charge >= 0.3 is 0 Å². The van der Waals surface area contributed by atoms with E-state index in [4.69, 9.17) is 4.42 Å². The van der Waals surface area contributed by atoms with Gasteiger partial charge in [0.2, 0.25) is 0 Å². The fourth-order valence-electron chi connectivity index (χ4n) is 2.39. The van der Waals surface area contributed by atoms with E-state index in [0.29, 0.717) is 6.42 Å². The Morgan fingerprint density at radius 3 is 2.50 bits per heavy atom. The molecule has 0 aliphatic heterocycles. The molecule has 0 aliphatic rings. The van der Waals surface area contributed by atoms with Gasteiger partial charge in [-0.3, -0.25) is 0 Å². The summed E-state index contributed by atoms with van der Waals surface area (Å²) in [6.45, 7) is 1.93. The fraction of sp³-hybridized carbons (Fsp3) is 0.111. The van der Waals surface area contributed by atoms with Crippen molar-refractivity contribution >= 4 is 0 Å².